The number of hydrogen-bond donors (Lipinski definition) is 0. The number of hydrogen-bond acceptors (Lipinski definition) is 5. The number of benzene rings is 7. The predicted octanol–water partition coefficient (Wildman–Crippen LogP) is 11.8. The summed E-state index contributed by atoms with van der Waals surface area (Å²) in [7, 11) is 0. The van der Waals surface area contributed by atoms with Gasteiger partial charge in [-0.1, -0.05) is 109 Å². The smallest absolute Gasteiger partial charge is 0.167 e. The summed E-state index contributed by atoms with van der Waals surface area (Å²) < 4.78 is 57.9. The molecule has 0 bridgehead atoms. The van der Waals surface area contributed by atoms with Crippen LogP contribution in [0, 0.1) is 0 Å². The minimum absolute atomic E-state index is 0.0640. The Bertz CT molecular complexity index is 3380. The van der Waals surface area contributed by atoms with E-state index >= 15 is 0 Å². The van der Waals surface area contributed by atoms with Crippen LogP contribution in [-0.2, 0) is 0 Å². The van der Waals surface area contributed by atoms with E-state index in [1.807, 2.05) is 78.9 Å². The highest BCUT2D eigenvalue weighted by Gasteiger charge is 2.21. The summed E-state index contributed by atoms with van der Waals surface area (Å²) in [6.07, 6.45) is 0. The predicted molar refractivity (Wildman–Crippen MR) is 205 cm³/mol. The van der Waals surface area contributed by atoms with Gasteiger partial charge in [0.2, 0.25) is 0 Å². The van der Waals surface area contributed by atoms with E-state index in [9.17, 15) is 0 Å². The van der Waals surface area contributed by atoms with Crippen LogP contribution in [0.4, 0.5) is 0 Å². The molecule has 7 aromatic carbocycles. The van der Waals surface area contributed by atoms with Gasteiger partial charge in [-0.05, 0) is 48.5 Å². The molecule has 0 unspecified atom stereocenters. The van der Waals surface area contributed by atoms with Crippen molar-refractivity contribution < 1.29 is 15.7 Å². The Morgan fingerprint density at radius 3 is 1.88 bits per heavy atom. The van der Waals surface area contributed by atoms with E-state index < -0.39 is 30.2 Å². The Labute approximate surface area is 297 Å². The molecule has 0 aliphatic heterocycles. The van der Waals surface area contributed by atoms with E-state index in [-0.39, 0.29) is 23.0 Å². The van der Waals surface area contributed by atoms with Crippen molar-refractivity contribution in [1.29, 1.82) is 0 Å². The molecule has 6 heteroatoms. The summed E-state index contributed by atoms with van der Waals surface area (Å²) in [6.45, 7) is 0. The quantitative estimate of drug-likeness (QED) is 0.188. The van der Waals surface area contributed by atoms with Gasteiger partial charge in [-0.25, -0.2) is 15.0 Å². The molecule has 4 aromatic heterocycles. The minimum Gasteiger partial charge on any atom is -0.456 e. The van der Waals surface area contributed by atoms with Gasteiger partial charge in [0.1, 0.15) is 22.3 Å². The van der Waals surface area contributed by atoms with Gasteiger partial charge >= 0.3 is 0 Å². The average molecular weight is 660 g/mol. The summed E-state index contributed by atoms with van der Waals surface area (Å²) in [5.41, 5.74) is 6.69. The second kappa shape index (κ2) is 10.7. The number of fused-ring (bicyclic) bond motifs is 9. The van der Waals surface area contributed by atoms with Crippen LogP contribution in [0.1, 0.15) is 6.85 Å². The highest BCUT2D eigenvalue weighted by atomic mass is 16.3. The zero-order chi connectivity index (χ0) is 37.8. The molecule has 51 heavy (non-hydrogen) atoms. The molecule has 0 aliphatic carbocycles. The number of aromatic nitrogens is 4. The Kier molecular flexibility index (Phi) is 4.91. The Hall–Kier alpha value is -7.05. The Balaban J connectivity index is 1.20. The molecule has 4 heterocycles. The van der Waals surface area contributed by atoms with Crippen LogP contribution in [0.5, 0.6) is 0 Å². The van der Waals surface area contributed by atoms with E-state index in [0.717, 1.165) is 49.0 Å². The molecular weight excluding hydrogens is 629 g/mol. The average Bonchev–Trinajstić information content (AvgIpc) is 3.91. The SMILES string of the molecule is [2H]c1c([2H])c([2H])c(-c2nc(-c3cccc4c3oc3ccccc34)nc(-c3cccc4oc5ccc(-n6c7ccccc7c7ccccc76)cc5c34)n2)c([2H])c1[2H]. The first-order chi connectivity index (χ1) is 27.4. The molecule has 0 radical (unpaired) electrons. The van der Waals surface area contributed by atoms with Crippen LogP contribution >= 0.6 is 0 Å². The molecule has 0 saturated carbocycles. The Morgan fingerprint density at radius 2 is 1.08 bits per heavy atom. The number of nitrogens with zero attached hydrogens (tertiary/aromatic N) is 4. The van der Waals surface area contributed by atoms with E-state index in [2.05, 4.69) is 53.1 Å². The first kappa shape index (κ1) is 23.3. The highest BCUT2D eigenvalue weighted by molar-refractivity contribution is 6.14. The summed E-state index contributed by atoms with van der Waals surface area (Å²) in [5, 5.41) is 5.69. The second-order valence-electron chi connectivity index (χ2n) is 12.4. The van der Waals surface area contributed by atoms with Crippen molar-refractivity contribution in [3.8, 4) is 39.9 Å². The molecule has 0 amide bonds. The van der Waals surface area contributed by atoms with E-state index in [1.54, 1.807) is 0 Å². The molecule has 0 atom stereocenters. The lowest BCUT2D eigenvalue weighted by Gasteiger charge is -2.10. The van der Waals surface area contributed by atoms with Gasteiger partial charge in [0, 0.05) is 49.1 Å². The lowest BCUT2D eigenvalue weighted by atomic mass is 10.0. The molecule has 0 aliphatic rings. The van der Waals surface area contributed by atoms with E-state index in [1.165, 1.54) is 0 Å². The fourth-order valence-electron chi connectivity index (χ4n) is 7.35. The van der Waals surface area contributed by atoms with E-state index in [0.29, 0.717) is 33.5 Å². The van der Waals surface area contributed by atoms with Gasteiger partial charge in [-0.2, -0.15) is 0 Å². The zero-order valence-electron chi connectivity index (χ0n) is 31.7. The first-order valence-corrected chi connectivity index (χ1v) is 16.5. The van der Waals surface area contributed by atoms with Crippen molar-refractivity contribution in [3.63, 3.8) is 0 Å². The summed E-state index contributed by atoms with van der Waals surface area (Å²) in [4.78, 5) is 14.7. The van der Waals surface area contributed by atoms with Crippen LogP contribution < -0.4 is 0 Å². The summed E-state index contributed by atoms with van der Waals surface area (Å²) in [6, 6.07) is 39.6. The normalized spacial score (nSPS) is 13.3. The van der Waals surface area contributed by atoms with Gasteiger partial charge < -0.3 is 13.4 Å². The lowest BCUT2D eigenvalue weighted by Crippen LogP contribution is -2.00. The molecule has 0 spiro atoms. The van der Waals surface area contributed by atoms with Gasteiger partial charge in [0.05, 0.1) is 23.5 Å². The maximum absolute atomic E-state index is 8.84. The number of rotatable bonds is 4. The van der Waals surface area contributed by atoms with Crippen molar-refractivity contribution >= 4 is 65.7 Å². The lowest BCUT2D eigenvalue weighted by molar-refractivity contribution is 0.668. The van der Waals surface area contributed by atoms with Crippen LogP contribution in [0.3, 0.4) is 0 Å². The second-order valence-corrected chi connectivity index (χ2v) is 12.4. The molecule has 0 saturated heterocycles. The van der Waals surface area contributed by atoms with Crippen LogP contribution in [0.2, 0.25) is 0 Å². The standard InChI is InChI=1S/C45H26N4O2/c1-2-12-27(13-3-1)43-46-44(48-45(47-43)34-19-10-17-32-31-16-6-9-22-38(31)51-42(32)34)33-18-11-23-40-41(33)35-26-28(24-25-39(35)50-40)49-36-20-7-4-14-29(36)30-15-5-8-21-37(30)49/h1-26H/i1D,2D,3D,12D,13D. The Morgan fingerprint density at radius 1 is 0.471 bits per heavy atom. The van der Waals surface area contributed by atoms with Gasteiger partial charge in [0.25, 0.3) is 0 Å². The maximum Gasteiger partial charge on any atom is 0.167 e. The van der Waals surface area contributed by atoms with Gasteiger partial charge in [-0.3, -0.25) is 0 Å². The van der Waals surface area contributed by atoms with Crippen LogP contribution in [-0.4, -0.2) is 19.5 Å². The topological polar surface area (TPSA) is 69.9 Å². The maximum atomic E-state index is 8.84. The summed E-state index contributed by atoms with van der Waals surface area (Å²) >= 11 is 0. The van der Waals surface area contributed by atoms with Crippen molar-refractivity contribution in [2.24, 2.45) is 0 Å². The first-order valence-electron chi connectivity index (χ1n) is 19.0. The molecule has 11 aromatic rings. The van der Waals surface area contributed by atoms with E-state index in [4.69, 9.17) is 30.6 Å². The fourth-order valence-corrected chi connectivity index (χ4v) is 7.35. The molecule has 11 rings (SSSR count). The summed E-state index contributed by atoms with van der Waals surface area (Å²) in [5.74, 6) is 0.392. The zero-order valence-corrected chi connectivity index (χ0v) is 26.7. The largest absolute Gasteiger partial charge is 0.456 e. The molecular formula is C45H26N4O2. The molecule has 238 valence electrons. The minimum atomic E-state index is -0.501. The molecule has 0 fully saturated rings. The monoisotopic (exact) mass is 659 g/mol. The molecule has 6 nitrogen and oxygen atoms in total. The van der Waals surface area contributed by atoms with Gasteiger partial charge in [-0.15, -0.1) is 0 Å². The van der Waals surface area contributed by atoms with Crippen molar-refractivity contribution in [1.82, 2.24) is 19.5 Å². The van der Waals surface area contributed by atoms with Crippen molar-refractivity contribution in [2.45, 2.75) is 0 Å². The van der Waals surface area contributed by atoms with Crippen molar-refractivity contribution in [3.05, 3.63) is 158 Å². The third-order valence-electron chi connectivity index (χ3n) is 9.56. The van der Waals surface area contributed by atoms with Gasteiger partial charge in [0.15, 0.2) is 17.5 Å². The molecule has 0 N–H and O–H groups in total. The number of furan rings is 2. The third kappa shape index (κ3) is 4.20. The number of para-hydroxylation sites is 4. The van der Waals surface area contributed by atoms with Crippen LogP contribution in [0.25, 0.3) is 106 Å². The third-order valence-corrected chi connectivity index (χ3v) is 9.56. The highest BCUT2D eigenvalue weighted by Crippen LogP contribution is 2.40. The fraction of sp³-hybridized carbons (Fsp3) is 0. The van der Waals surface area contributed by atoms with Crippen LogP contribution in [0.15, 0.2) is 166 Å². The van der Waals surface area contributed by atoms with Crippen molar-refractivity contribution in [2.75, 3.05) is 0 Å².